The number of rotatable bonds is 20. The fraction of sp³-hybridized carbons (Fsp3) is 1.00. The van der Waals surface area contributed by atoms with E-state index in [-0.39, 0.29) is 19.8 Å². The van der Waals surface area contributed by atoms with Crippen LogP contribution in [0.4, 0.5) is 0 Å². The molecule has 0 saturated carbocycles. The van der Waals surface area contributed by atoms with Crippen LogP contribution in [-0.4, -0.2) is 99.3 Å². The quantitative estimate of drug-likeness (QED) is 0.271. The first kappa shape index (κ1) is 23.7. The lowest BCUT2D eigenvalue weighted by Gasteiger charge is -2.22. The Bertz CT molecular complexity index is 217. The van der Waals surface area contributed by atoms with Gasteiger partial charge in [0.2, 0.25) is 0 Å². The topological polar surface area (TPSA) is 91.6 Å². The zero-order valence-electron chi connectivity index (χ0n) is 15.0. The molecule has 0 aromatic carbocycles. The van der Waals surface area contributed by atoms with Crippen molar-refractivity contribution >= 4 is 0 Å². The Morgan fingerprint density at radius 1 is 0.458 bits per heavy atom. The molecule has 7 nitrogen and oxygen atoms in total. The summed E-state index contributed by atoms with van der Waals surface area (Å²) >= 11 is 0. The van der Waals surface area contributed by atoms with Gasteiger partial charge in [-0.25, -0.2) is 0 Å². The lowest BCUT2D eigenvalue weighted by Crippen LogP contribution is -2.34. The molecular formula is C17H37NO6. The number of hydrogen-bond donors (Lipinski definition) is 3. The van der Waals surface area contributed by atoms with Gasteiger partial charge in [-0.3, -0.25) is 4.90 Å². The van der Waals surface area contributed by atoms with Crippen LogP contribution < -0.4 is 0 Å². The molecule has 0 aromatic heterocycles. The van der Waals surface area contributed by atoms with Gasteiger partial charge in [0, 0.05) is 59.3 Å². The lowest BCUT2D eigenvalue weighted by atomic mass is 10.3. The van der Waals surface area contributed by atoms with E-state index in [0.717, 1.165) is 45.3 Å². The predicted molar refractivity (Wildman–Crippen MR) is 93.2 cm³/mol. The molecule has 0 aliphatic rings. The third-order valence-electron chi connectivity index (χ3n) is 3.50. The monoisotopic (exact) mass is 351 g/mol. The molecule has 0 bridgehead atoms. The zero-order chi connectivity index (χ0) is 17.7. The van der Waals surface area contributed by atoms with Crippen molar-refractivity contribution < 1.29 is 29.5 Å². The van der Waals surface area contributed by atoms with Crippen molar-refractivity contribution in [2.45, 2.75) is 32.1 Å². The van der Waals surface area contributed by atoms with Gasteiger partial charge in [0.15, 0.2) is 0 Å². The fourth-order valence-electron chi connectivity index (χ4n) is 2.02. The summed E-state index contributed by atoms with van der Waals surface area (Å²) in [6.07, 6.45) is 4.00. The number of hydrogen-bond acceptors (Lipinski definition) is 7. The lowest BCUT2D eigenvalue weighted by molar-refractivity contribution is 0.0478. The molecule has 24 heavy (non-hydrogen) atoms. The van der Waals surface area contributed by atoms with Gasteiger partial charge in [-0.15, -0.1) is 0 Å². The number of unbranched alkanes of at least 4 members (excludes halogenated alkanes) is 2. The SMILES string of the molecule is OCCCCOCCN(CCOCCCO)CCOCCCCO. The highest BCUT2D eigenvalue weighted by atomic mass is 16.5. The highest BCUT2D eigenvalue weighted by Crippen LogP contribution is 1.95. The third-order valence-corrected chi connectivity index (χ3v) is 3.50. The van der Waals surface area contributed by atoms with Crippen molar-refractivity contribution in [3.63, 3.8) is 0 Å². The summed E-state index contributed by atoms with van der Waals surface area (Å²) in [5.41, 5.74) is 0. The Morgan fingerprint density at radius 3 is 1.21 bits per heavy atom. The van der Waals surface area contributed by atoms with Gasteiger partial charge < -0.3 is 29.5 Å². The second-order valence-electron chi connectivity index (χ2n) is 5.62. The molecule has 0 radical (unpaired) electrons. The molecule has 0 rings (SSSR count). The zero-order valence-corrected chi connectivity index (χ0v) is 15.0. The molecule has 0 unspecified atom stereocenters. The van der Waals surface area contributed by atoms with Crippen LogP contribution in [0.1, 0.15) is 32.1 Å². The Kier molecular flexibility index (Phi) is 20.5. The van der Waals surface area contributed by atoms with E-state index in [9.17, 15) is 0 Å². The summed E-state index contributed by atoms with van der Waals surface area (Å²) in [6.45, 7) is 6.94. The van der Waals surface area contributed by atoms with Crippen molar-refractivity contribution in [3.8, 4) is 0 Å². The standard InChI is InChI=1S/C17H37NO6/c19-9-1-3-12-22-15-6-18(8-17-24-14-5-11-21)7-16-23-13-4-2-10-20/h19-21H,1-17H2. The van der Waals surface area contributed by atoms with Gasteiger partial charge in [0.05, 0.1) is 19.8 Å². The smallest absolute Gasteiger partial charge is 0.0593 e. The molecule has 0 aliphatic carbocycles. The Hall–Kier alpha value is -0.280. The van der Waals surface area contributed by atoms with Crippen molar-refractivity contribution in [3.05, 3.63) is 0 Å². The minimum absolute atomic E-state index is 0.160. The summed E-state index contributed by atoms with van der Waals surface area (Å²) < 4.78 is 16.6. The summed E-state index contributed by atoms with van der Waals surface area (Å²) in [6, 6.07) is 0. The van der Waals surface area contributed by atoms with Crippen LogP contribution in [0.2, 0.25) is 0 Å². The molecule has 0 heterocycles. The number of nitrogens with zero attached hydrogens (tertiary/aromatic N) is 1. The molecule has 0 fully saturated rings. The van der Waals surface area contributed by atoms with Crippen molar-refractivity contribution in [1.29, 1.82) is 0 Å². The second-order valence-corrected chi connectivity index (χ2v) is 5.62. The fourth-order valence-corrected chi connectivity index (χ4v) is 2.02. The van der Waals surface area contributed by atoms with Gasteiger partial charge >= 0.3 is 0 Å². The van der Waals surface area contributed by atoms with E-state index in [1.165, 1.54) is 0 Å². The van der Waals surface area contributed by atoms with Crippen LogP contribution in [0.5, 0.6) is 0 Å². The van der Waals surface area contributed by atoms with Crippen LogP contribution in [0, 0.1) is 0 Å². The summed E-state index contributed by atoms with van der Waals surface area (Å²) in [4.78, 5) is 2.25. The molecule has 7 heteroatoms. The maximum Gasteiger partial charge on any atom is 0.0593 e. The van der Waals surface area contributed by atoms with E-state index >= 15 is 0 Å². The van der Waals surface area contributed by atoms with Gasteiger partial charge in [-0.05, 0) is 32.1 Å². The summed E-state index contributed by atoms with van der Waals surface area (Å²) in [7, 11) is 0. The first-order valence-electron chi connectivity index (χ1n) is 9.13. The number of aliphatic hydroxyl groups is 3. The van der Waals surface area contributed by atoms with Gasteiger partial charge in [0.1, 0.15) is 0 Å². The number of aliphatic hydroxyl groups excluding tert-OH is 3. The maximum atomic E-state index is 8.73. The Morgan fingerprint density at radius 2 is 0.833 bits per heavy atom. The molecule has 0 saturated heterocycles. The van der Waals surface area contributed by atoms with Crippen LogP contribution >= 0.6 is 0 Å². The van der Waals surface area contributed by atoms with Crippen molar-refractivity contribution in [2.75, 3.05) is 79.1 Å². The van der Waals surface area contributed by atoms with Gasteiger partial charge in [-0.2, -0.15) is 0 Å². The van der Waals surface area contributed by atoms with E-state index in [0.29, 0.717) is 46.1 Å². The van der Waals surface area contributed by atoms with E-state index in [2.05, 4.69) is 4.90 Å². The van der Waals surface area contributed by atoms with Crippen LogP contribution in [0.3, 0.4) is 0 Å². The van der Waals surface area contributed by atoms with Crippen LogP contribution in [-0.2, 0) is 14.2 Å². The van der Waals surface area contributed by atoms with Crippen LogP contribution in [0.25, 0.3) is 0 Å². The summed E-state index contributed by atoms with van der Waals surface area (Å²) in [5.74, 6) is 0. The Balaban J connectivity index is 3.74. The Labute approximate surface area is 146 Å². The molecule has 0 amide bonds. The maximum absolute atomic E-state index is 8.73. The van der Waals surface area contributed by atoms with E-state index in [4.69, 9.17) is 29.5 Å². The minimum atomic E-state index is 0.160. The first-order chi connectivity index (χ1) is 11.8. The molecule has 3 N–H and O–H groups in total. The van der Waals surface area contributed by atoms with E-state index in [1.807, 2.05) is 0 Å². The minimum Gasteiger partial charge on any atom is -0.396 e. The first-order valence-corrected chi connectivity index (χ1v) is 9.13. The molecule has 0 aliphatic heterocycles. The highest BCUT2D eigenvalue weighted by molar-refractivity contribution is 4.57. The molecule has 0 atom stereocenters. The third kappa shape index (κ3) is 18.1. The molecule has 0 aromatic rings. The van der Waals surface area contributed by atoms with Crippen molar-refractivity contribution in [2.24, 2.45) is 0 Å². The normalized spacial score (nSPS) is 11.5. The van der Waals surface area contributed by atoms with Gasteiger partial charge in [0.25, 0.3) is 0 Å². The predicted octanol–water partition coefficient (Wildman–Crippen LogP) is 0.266. The summed E-state index contributed by atoms with van der Waals surface area (Å²) in [5, 5.41) is 26.2. The second kappa shape index (κ2) is 20.8. The van der Waals surface area contributed by atoms with Gasteiger partial charge in [-0.1, -0.05) is 0 Å². The highest BCUT2D eigenvalue weighted by Gasteiger charge is 2.05. The van der Waals surface area contributed by atoms with Crippen molar-refractivity contribution in [1.82, 2.24) is 4.90 Å². The average Bonchev–Trinajstić information content (AvgIpc) is 2.60. The molecule has 0 spiro atoms. The largest absolute Gasteiger partial charge is 0.396 e. The van der Waals surface area contributed by atoms with E-state index < -0.39 is 0 Å². The number of ether oxygens (including phenoxy) is 3. The molecular weight excluding hydrogens is 314 g/mol. The molecule has 146 valence electrons. The van der Waals surface area contributed by atoms with Crippen LogP contribution in [0.15, 0.2) is 0 Å². The average molecular weight is 351 g/mol. The van der Waals surface area contributed by atoms with E-state index in [1.54, 1.807) is 0 Å².